The fraction of sp³-hybridized carbons (Fsp3) is 0.571. The molecule has 0 saturated carbocycles. The molecule has 0 radical (unpaired) electrons. The molecule has 1 aliphatic rings. The summed E-state index contributed by atoms with van der Waals surface area (Å²) in [6.45, 7) is 3.61. The molecule has 7 nitrogen and oxygen atoms in total. The summed E-state index contributed by atoms with van der Waals surface area (Å²) in [6.07, 6.45) is 4.17. The number of aromatic nitrogens is 4. The van der Waals surface area contributed by atoms with Gasteiger partial charge >= 0.3 is 5.97 Å². The number of anilines is 1. The van der Waals surface area contributed by atoms with Gasteiger partial charge in [0.05, 0.1) is 13.0 Å². The van der Waals surface area contributed by atoms with Crippen LogP contribution < -0.4 is 4.90 Å². The maximum atomic E-state index is 11.8. The van der Waals surface area contributed by atoms with Gasteiger partial charge in [0.15, 0.2) is 0 Å². The molecule has 7 heteroatoms. The summed E-state index contributed by atoms with van der Waals surface area (Å²) in [6, 6.07) is 2.03. The summed E-state index contributed by atoms with van der Waals surface area (Å²) in [5, 5.41) is 4.24. The fourth-order valence-electron chi connectivity index (χ4n) is 2.79. The molecule has 0 bridgehead atoms. The second-order valence-corrected chi connectivity index (χ2v) is 5.24. The third-order valence-electron chi connectivity index (χ3n) is 3.93. The van der Waals surface area contributed by atoms with E-state index < -0.39 is 0 Å². The number of hydrogen-bond donors (Lipinski definition) is 0. The van der Waals surface area contributed by atoms with Gasteiger partial charge in [0.2, 0.25) is 0 Å². The summed E-state index contributed by atoms with van der Waals surface area (Å²) < 4.78 is 6.61. The van der Waals surface area contributed by atoms with E-state index in [2.05, 4.69) is 26.9 Å². The molecule has 1 fully saturated rings. The second-order valence-electron chi connectivity index (χ2n) is 5.24. The van der Waals surface area contributed by atoms with Gasteiger partial charge in [0.1, 0.15) is 12.1 Å². The first kappa shape index (κ1) is 13.8. The van der Waals surface area contributed by atoms with Crippen LogP contribution in [0, 0.1) is 5.92 Å². The summed E-state index contributed by atoms with van der Waals surface area (Å²) in [4.78, 5) is 22.6. The third kappa shape index (κ3) is 2.55. The van der Waals surface area contributed by atoms with Gasteiger partial charge in [-0.2, -0.15) is 14.6 Å². The van der Waals surface area contributed by atoms with Crippen molar-refractivity contribution in [3.8, 4) is 0 Å². The highest BCUT2D eigenvalue weighted by Gasteiger charge is 2.28. The van der Waals surface area contributed by atoms with Gasteiger partial charge in [0, 0.05) is 24.8 Å². The number of rotatable bonds is 3. The molecule has 21 heavy (non-hydrogen) atoms. The average Bonchev–Trinajstić information content (AvgIpc) is 3.01. The number of aryl methyl sites for hydroxylation is 1. The molecular weight excluding hydrogens is 270 g/mol. The molecule has 0 aliphatic carbocycles. The van der Waals surface area contributed by atoms with E-state index in [1.165, 1.54) is 13.4 Å². The minimum atomic E-state index is -0.140. The van der Waals surface area contributed by atoms with Crippen LogP contribution in [0.3, 0.4) is 0 Å². The Labute approximate surface area is 122 Å². The number of carbonyl (C=O) groups is 1. The van der Waals surface area contributed by atoms with Crippen molar-refractivity contribution < 1.29 is 9.53 Å². The standard InChI is InChI=1S/C14H19N5O2/c1-3-11-7-12(19-14(17-11)15-9-16-19)18-6-4-5-10(8-18)13(20)21-2/h7,9-10H,3-6,8H2,1-2H3/t10-/m1/s1. The van der Waals surface area contributed by atoms with E-state index in [1.807, 2.05) is 6.07 Å². The Balaban J connectivity index is 1.95. The molecule has 0 amide bonds. The highest BCUT2D eigenvalue weighted by atomic mass is 16.5. The first-order chi connectivity index (χ1) is 10.2. The van der Waals surface area contributed by atoms with Crippen molar-refractivity contribution in [2.45, 2.75) is 26.2 Å². The van der Waals surface area contributed by atoms with Crippen LogP contribution >= 0.6 is 0 Å². The van der Waals surface area contributed by atoms with Crippen LogP contribution in [-0.2, 0) is 16.0 Å². The third-order valence-corrected chi connectivity index (χ3v) is 3.93. The quantitative estimate of drug-likeness (QED) is 0.787. The Kier molecular flexibility index (Phi) is 3.72. The number of nitrogens with zero attached hydrogens (tertiary/aromatic N) is 5. The summed E-state index contributed by atoms with van der Waals surface area (Å²) in [5.74, 6) is 1.33. The molecule has 1 atom stereocenters. The predicted molar refractivity (Wildman–Crippen MR) is 77.1 cm³/mol. The number of fused-ring (bicyclic) bond motifs is 1. The maximum Gasteiger partial charge on any atom is 0.310 e. The molecule has 2 aromatic rings. The first-order valence-corrected chi connectivity index (χ1v) is 7.25. The van der Waals surface area contributed by atoms with Crippen molar-refractivity contribution in [1.29, 1.82) is 0 Å². The molecule has 112 valence electrons. The minimum Gasteiger partial charge on any atom is -0.469 e. The van der Waals surface area contributed by atoms with Crippen LogP contribution in [0.1, 0.15) is 25.5 Å². The molecule has 0 unspecified atom stereocenters. The Hall–Kier alpha value is -2.18. The Morgan fingerprint density at radius 3 is 3.14 bits per heavy atom. The SMILES string of the molecule is CCc1cc(N2CCC[C@@H](C(=O)OC)C2)n2ncnc2n1. The van der Waals surface area contributed by atoms with Crippen LogP contribution in [0.5, 0.6) is 0 Å². The number of carbonyl (C=O) groups excluding carboxylic acids is 1. The van der Waals surface area contributed by atoms with E-state index in [4.69, 9.17) is 4.74 Å². The number of methoxy groups -OCH3 is 1. The summed E-state index contributed by atoms with van der Waals surface area (Å²) in [7, 11) is 1.44. The zero-order valence-electron chi connectivity index (χ0n) is 12.3. The lowest BCUT2D eigenvalue weighted by molar-refractivity contribution is -0.145. The molecule has 3 heterocycles. The number of hydrogen-bond acceptors (Lipinski definition) is 6. The maximum absolute atomic E-state index is 11.8. The van der Waals surface area contributed by atoms with Crippen molar-refractivity contribution in [2.75, 3.05) is 25.1 Å². The van der Waals surface area contributed by atoms with Crippen molar-refractivity contribution in [3.05, 3.63) is 18.1 Å². The van der Waals surface area contributed by atoms with Crippen molar-refractivity contribution in [2.24, 2.45) is 5.92 Å². The van der Waals surface area contributed by atoms with Crippen molar-refractivity contribution in [1.82, 2.24) is 19.6 Å². The van der Waals surface area contributed by atoms with Gasteiger partial charge in [-0.15, -0.1) is 0 Å². The molecule has 1 aliphatic heterocycles. The van der Waals surface area contributed by atoms with E-state index in [1.54, 1.807) is 4.52 Å². The van der Waals surface area contributed by atoms with Gasteiger partial charge in [-0.3, -0.25) is 4.79 Å². The predicted octanol–water partition coefficient (Wildman–Crippen LogP) is 1.08. The van der Waals surface area contributed by atoms with Gasteiger partial charge in [0.25, 0.3) is 5.78 Å². The number of piperidine rings is 1. The number of esters is 1. The lowest BCUT2D eigenvalue weighted by Crippen LogP contribution is -2.40. The molecule has 3 rings (SSSR count). The molecule has 0 spiro atoms. The minimum absolute atomic E-state index is 0.0828. The van der Waals surface area contributed by atoms with Crippen LogP contribution in [-0.4, -0.2) is 45.8 Å². The average molecular weight is 289 g/mol. The van der Waals surface area contributed by atoms with Gasteiger partial charge in [-0.1, -0.05) is 6.92 Å². The van der Waals surface area contributed by atoms with Crippen LogP contribution in [0.25, 0.3) is 5.78 Å². The largest absolute Gasteiger partial charge is 0.469 e. The molecule has 0 aromatic carbocycles. The second kappa shape index (κ2) is 5.67. The van der Waals surface area contributed by atoms with Gasteiger partial charge < -0.3 is 9.64 Å². The number of ether oxygens (including phenoxy) is 1. The van der Waals surface area contributed by atoms with E-state index in [-0.39, 0.29) is 11.9 Å². The monoisotopic (exact) mass is 289 g/mol. The van der Waals surface area contributed by atoms with E-state index >= 15 is 0 Å². The Bertz CT molecular complexity index is 654. The Morgan fingerprint density at radius 1 is 1.52 bits per heavy atom. The molecule has 0 N–H and O–H groups in total. The van der Waals surface area contributed by atoms with Crippen molar-refractivity contribution in [3.63, 3.8) is 0 Å². The lowest BCUT2D eigenvalue weighted by Gasteiger charge is -2.33. The lowest BCUT2D eigenvalue weighted by atomic mass is 9.98. The normalized spacial score (nSPS) is 19.0. The highest BCUT2D eigenvalue weighted by Crippen LogP contribution is 2.24. The topological polar surface area (TPSA) is 72.6 Å². The summed E-state index contributed by atoms with van der Waals surface area (Å²) >= 11 is 0. The van der Waals surface area contributed by atoms with Crippen LogP contribution in [0.4, 0.5) is 5.82 Å². The molecular formula is C14H19N5O2. The van der Waals surface area contributed by atoms with E-state index in [0.717, 1.165) is 37.3 Å². The molecule has 1 saturated heterocycles. The zero-order valence-corrected chi connectivity index (χ0v) is 12.3. The van der Waals surface area contributed by atoms with Crippen LogP contribution in [0.2, 0.25) is 0 Å². The zero-order chi connectivity index (χ0) is 14.8. The molecule has 2 aromatic heterocycles. The van der Waals surface area contributed by atoms with Gasteiger partial charge in [-0.05, 0) is 19.3 Å². The highest BCUT2D eigenvalue weighted by molar-refractivity contribution is 5.73. The van der Waals surface area contributed by atoms with Crippen molar-refractivity contribution >= 4 is 17.6 Å². The summed E-state index contributed by atoms with van der Waals surface area (Å²) in [5.41, 5.74) is 0.977. The first-order valence-electron chi connectivity index (χ1n) is 7.25. The smallest absolute Gasteiger partial charge is 0.310 e. The van der Waals surface area contributed by atoms with Crippen LogP contribution in [0.15, 0.2) is 12.4 Å². The Morgan fingerprint density at radius 2 is 2.38 bits per heavy atom. The van der Waals surface area contributed by atoms with E-state index in [9.17, 15) is 4.79 Å². The van der Waals surface area contributed by atoms with Gasteiger partial charge in [-0.25, -0.2) is 4.98 Å². The van der Waals surface area contributed by atoms with E-state index in [0.29, 0.717) is 12.3 Å². The fourth-order valence-corrected chi connectivity index (χ4v) is 2.79.